The summed E-state index contributed by atoms with van der Waals surface area (Å²) in [5, 5.41) is 17.0. The summed E-state index contributed by atoms with van der Waals surface area (Å²) in [6.07, 6.45) is -8.27. The van der Waals surface area contributed by atoms with Crippen LogP contribution in [0.1, 0.15) is 45.2 Å². The zero-order chi connectivity index (χ0) is 34.9. The number of hydrogen-bond donors (Lipinski definition) is 3. The Morgan fingerprint density at radius 3 is 1.94 bits per heavy atom. The lowest BCUT2D eigenvalue weighted by molar-refractivity contribution is -0.288. The number of phenolic OH excluding ortho intramolecular Hbond substituents is 2. The number of benzene rings is 3. The number of nitrogens with zero attached hydrogens (tertiary/aromatic N) is 1. The lowest BCUT2D eigenvalue weighted by Crippen LogP contribution is -2.54. The molecule has 3 aromatic carbocycles. The molecule has 0 radical (unpaired) electrons. The van der Waals surface area contributed by atoms with Gasteiger partial charge in [0, 0.05) is 11.1 Å². The maximum absolute atomic E-state index is 15.1. The molecule has 1 aliphatic heterocycles. The fourth-order valence-corrected chi connectivity index (χ4v) is 6.99. The number of hydrogen-bond acceptors (Lipinski definition) is 6. The third-order valence-electron chi connectivity index (χ3n) is 9.16. The van der Waals surface area contributed by atoms with Crippen molar-refractivity contribution in [3.05, 3.63) is 95.1 Å². The van der Waals surface area contributed by atoms with Crippen molar-refractivity contribution in [1.82, 2.24) is 0 Å². The molecule has 3 aromatic rings. The second kappa shape index (κ2) is 10.7. The zero-order valence-corrected chi connectivity index (χ0v) is 24.1. The van der Waals surface area contributed by atoms with E-state index in [-0.39, 0.29) is 23.0 Å². The SMILES string of the molecule is [2H]Oc1ccc(C(c2ccc(O)c(NC(=O)c3cccc(C(C)=O)c3)c2)(C(F)(F)F)C(F)(F)F)cc1N1C(=O)C2C3C=CC(C3)C2C1=O. The molecule has 3 N–H and O–H groups in total. The molecule has 2 fully saturated rings. The molecule has 4 unspecified atom stereocenters. The molecule has 14 heteroatoms. The topological polar surface area (TPSA) is 124 Å². The number of alkyl halides is 6. The highest BCUT2D eigenvalue weighted by atomic mass is 19.4. The molecular weight excluding hydrogens is 634 g/mol. The monoisotopic (exact) mass is 659 g/mol. The van der Waals surface area contributed by atoms with Gasteiger partial charge in [0.25, 0.3) is 7.34 Å². The lowest BCUT2D eigenvalue weighted by Gasteiger charge is -2.39. The van der Waals surface area contributed by atoms with Crippen LogP contribution in [0.2, 0.25) is 0 Å². The Bertz CT molecular complexity index is 1860. The van der Waals surface area contributed by atoms with Gasteiger partial charge in [-0.15, -0.1) is 0 Å². The molecule has 2 bridgehead atoms. The van der Waals surface area contributed by atoms with Crippen LogP contribution in [0, 0.1) is 23.7 Å². The van der Waals surface area contributed by atoms with Gasteiger partial charge in [-0.05, 0) is 72.7 Å². The predicted octanol–water partition coefficient (Wildman–Crippen LogP) is 6.27. The van der Waals surface area contributed by atoms with Crippen molar-refractivity contribution in [1.29, 1.82) is 1.43 Å². The number of allylic oxidation sites excluding steroid dienone is 2. The Morgan fingerprint density at radius 1 is 0.830 bits per heavy atom. The van der Waals surface area contributed by atoms with Crippen molar-refractivity contribution < 1.29 is 55.7 Å². The molecule has 4 atom stereocenters. The first-order valence-corrected chi connectivity index (χ1v) is 14.2. The summed E-state index contributed by atoms with van der Waals surface area (Å²) < 4.78 is 98.2. The molecule has 0 spiro atoms. The minimum Gasteiger partial charge on any atom is -0.506 e. The Hall–Kier alpha value is -5.14. The van der Waals surface area contributed by atoms with Gasteiger partial charge < -0.3 is 15.5 Å². The molecule has 0 aromatic heterocycles. The third kappa shape index (κ3) is 4.76. The van der Waals surface area contributed by atoms with E-state index < -0.39 is 87.1 Å². The first kappa shape index (κ1) is 30.5. The van der Waals surface area contributed by atoms with Gasteiger partial charge in [0.2, 0.25) is 17.2 Å². The number of phenols is 2. The number of fused-ring (bicyclic) bond motifs is 5. The summed E-state index contributed by atoms with van der Waals surface area (Å²) >= 11 is 0. The van der Waals surface area contributed by atoms with E-state index >= 15 is 26.3 Å². The summed E-state index contributed by atoms with van der Waals surface area (Å²) in [6.45, 7) is 1.22. The Morgan fingerprint density at radius 2 is 1.38 bits per heavy atom. The molecule has 3 amide bonds. The second-order valence-electron chi connectivity index (χ2n) is 11.8. The number of anilines is 2. The minimum absolute atomic E-state index is 0.104. The van der Waals surface area contributed by atoms with Crippen LogP contribution in [-0.2, 0) is 15.0 Å². The van der Waals surface area contributed by atoms with E-state index in [1.54, 1.807) is 12.2 Å². The predicted molar refractivity (Wildman–Crippen MR) is 154 cm³/mol. The quantitative estimate of drug-likeness (QED) is 0.0903. The van der Waals surface area contributed by atoms with E-state index in [1.165, 1.54) is 25.1 Å². The largest absolute Gasteiger partial charge is 0.506 e. The van der Waals surface area contributed by atoms with Crippen molar-refractivity contribution in [2.75, 3.05) is 10.2 Å². The average Bonchev–Trinajstić information content (AvgIpc) is 3.71. The third-order valence-corrected chi connectivity index (χ3v) is 9.16. The minimum atomic E-state index is -6.14. The highest BCUT2D eigenvalue weighted by molar-refractivity contribution is 6.23. The van der Waals surface area contributed by atoms with Crippen LogP contribution in [0.15, 0.2) is 72.8 Å². The van der Waals surface area contributed by atoms with Crippen molar-refractivity contribution >= 4 is 34.9 Å². The average molecular weight is 660 g/mol. The number of imide groups is 1. The van der Waals surface area contributed by atoms with Crippen LogP contribution < -0.4 is 10.2 Å². The van der Waals surface area contributed by atoms with Gasteiger partial charge in [-0.1, -0.05) is 36.4 Å². The Labute approximate surface area is 263 Å². The fourth-order valence-electron chi connectivity index (χ4n) is 6.99. The van der Waals surface area contributed by atoms with Crippen LogP contribution in [0.25, 0.3) is 0 Å². The molecule has 244 valence electrons. The van der Waals surface area contributed by atoms with Gasteiger partial charge in [0.15, 0.2) is 5.78 Å². The number of aromatic hydroxyl groups is 2. The van der Waals surface area contributed by atoms with E-state index in [0.717, 1.165) is 6.07 Å². The lowest BCUT2D eigenvalue weighted by atomic mass is 9.72. The number of carbonyl (C=O) groups excluding carboxylic acids is 4. The van der Waals surface area contributed by atoms with Crippen molar-refractivity contribution in [3.8, 4) is 11.5 Å². The Kier molecular flexibility index (Phi) is 6.95. The van der Waals surface area contributed by atoms with Crippen LogP contribution in [0.4, 0.5) is 37.7 Å². The number of halogens is 6. The maximum Gasteiger partial charge on any atom is 0.411 e. The van der Waals surface area contributed by atoms with Crippen molar-refractivity contribution in [3.63, 3.8) is 0 Å². The van der Waals surface area contributed by atoms with Crippen LogP contribution in [0.3, 0.4) is 0 Å². The number of nitrogens with one attached hydrogen (secondary N) is 1. The molecule has 1 saturated heterocycles. The van der Waals surface area contributed by atoms with Crippen molar-refractivity contribution in [2.24, 2.45) is 23.7 Å². The summed E-state index contributed by atoms with van der Waals surface area (Å²) in [5.41, 5.74) is -9.44. The van der Waals surface area contributed by atoms with Gasteiger partial charge in [-0.25, -0.2) is 4.90 Å². The normalized spacial score (nSPS) is 22.4. The van der Waals surface area contributed by atoms with E-state index in [1.807, 2.05) is 0 Å². The highest BCUT2D eigenvalue weighted by Gasteiger charge is 2.73. The molecule has 8 nitrogen and oxygen atoms in total. The molecule has 1 saturated carbocycles. The fraction of sp³-hybridized carbons (Fsp3) is 0.273. The van der Waals surface area contributed by atoms with Crippen LogP contribution >= 0.6 is 0 Å². The summed E-state index contributed by atoms with van der Waals surface area (Å²) in [4.78, 5) is 52.1. The van der Waals surface area contributed by atoms with E-state index in [0.29, 0.717) is 47.7 Å². The van der Waals surface area contributed by atoms with E-state index in [2.05, 4.69) is 10.4 Å². The van der Waals surface area contributed by atoms with E-state index in [4.69, 9.17) is 1.43 Å². The number of carbonyl (C=O) groups is 4. The molecule has 6 rings (SSSR count). The first-order chi connectivity index (χ1) is 22.5. The van der Waals surface area contributed by atoms with Gasteiger partial charge in [0.05, 0.1) is 23.2 Å². The van der Waals surface area contributed by atoms with Gasteiger partial charge in [0.1, 0.15) is 11.5 Å². The number of ketones is 1. The van der Waals surface area contributed by atoms with Gasteiger partial charge in [-0.3, -0.25) is 19.2 Å². The number of amides is 3. The van der Waals surface area contributed by atoms with Crippen LogP contribution in [-0.4, -0.2) is 47.5 Å². The molecule has 1 heterocycles. The summed E-state index contributed by atoms with van der Waals surface area (Å²) in [6, 6.07) is 7.79. The molecular formula is C33H24F6N2O6. The molecule has 3 aliphatic rings. The van der Waals surface area contributed by atoms with E-state index in [9.17, 15) is 24.3 Å². The second-order valence-corrected chi connectivity index (χ2v) is 11.8. The first-order valence-electron chi connectivity index (χ1n) is 14.6. The van der Waals surface area contributed by atoms with Gasteiger partial charge in [-0.2, -0.15) is 26.3 Å². The summed E-state index contributed by atoms with van der Waals surface area (Å²) in [5.74, 6) is -6.99. The van der Waals surface area contributed by atoms with Crippen LogP contribution in [0.5, 0.6) is 11.5 Å². The van der Waals surface area contributed by atoms with Gasteiger partial charge >= 0.3 is 12.4 Å². The number of Topliss-reactive ketones (excluding diaryl/α,β-unsaturated/α-hetero) is 1. The Balaban J connectivity index is 1.49. The van der Waals surface area contributed by atoms with Crippen molar-refractivity contribution in [2.45, 2.75) is 31.1 Å². The number of rotatable bonds is 7. The maximum atomic E-state index is 15.1. The summed E-state index contributed by atoms with van der Waals surface area (Å²) in [7, 11) is 0. The molecule has 2 aliphatic carbocycles. The zero-order valence-electron chi connectivity index (χ0n) is 25.1. The highest BCUT2D eigenvalue weighted by Crippen LogP contribution is 2.59. The smallest absolute Gasteiger partial charge is 0.411 e. The molecule has 47 heavy (non-hydrogen) atoms. The standard InChI is InChI=1S/C33H24F6N2O6/c1-15(42)16-3-2-4-19(11-16)28(45)40-22-13-20(7-9-24(22)43)31(32(34,35)36,33(37,38)39)21-8-10-25(44)23(14-21)41-29(46)26-17-5-6-18(12-17)27(26)30(41)47/h2-11,13-14,17-18,26-27,43-44H,12H2,1H3,(H,40,45)/i/hD.